The number of nitrogens with zero attached hydrogens (tertiary/aromatic N) is 1. The second kappa shape index (κ2) is 5.98. The van der Waals surface area contributed by atoms with Crippen molar-refractivity contribution in [3.63, 3.8) is 0 Å². The average molecular weight is 249 g/mol. The molecule has 0 aliphatic carbocycles. The smallest absolute Gasteiger partial charge is 0.244 e. The Morgan fingerprint density at radius 2 is 1.94 bits per heavy atom. The summed E-state index contributed by atoms with van der Waals surface area (Å²) in [7, 11) is 3.95. The van der Waals surface area contributed by atoms with Gasteiger partial charge in [-0.3, -0.25) is 4.79 Å². The van der Waals surface area contributed by atoms with Gasteiger partial charge in [-0.15, -0.1) is 0 Å². The second-order valence-corrected chi connectivity index (χ2v) is 5.21. The molecule has 3 N–H and O–H groups in total. The first-order valence-electron chi connectivity index (χ1n) is 6.14. The summed E-state index contributed by atoms with van der Waals surface area (Å²) in [6.07, 6.45) is 0. The number of benzene rings is 1. The highest BCUT2D eigenvalue weighted by Crippen LogP contribution is 2.17. The van der Waals surface area contributed by atoms with Crippen LogP contribution < -0.4 is 11.1 Å². The number of amides is 1. The third-order valence-corrected chi connectivity index (χ3v) is 2.86. The third kappa shape index (κ3) is 3.82. The van der Waals surface area contributed by atoms with E-state index >= 15 is 0 Å². The van der Waals surface area contributed by atoms with Crippen LogP contribution in [0.25, 0.3) is 0 Å². The van der Waals surface area contributed by atoms with Gasteiger partial charge in [-0.1, -0.05) is 30.3 Å². The number of rotatable bonds is 5. The lowest BCUT2D eigenvalue weighted by Gasteiger charge is -2.27. The summed E-state index contributed by atoms with van der Waals surface area (Å²) in [5.74, 6) is -0.150. The maximum Gasteiger partial charge on any atom is 0.244 e. The molecule has 2 atom stereocenters. The predicted molar refractivity (Wildman–Crippen MR) is 74.1 cm³/mol. The molecule has 0 bridgehead atoms. The molecule has 1 aromatic carbocycles. The maximum atomic E-state index is 12.2. The van der Waals surface area contributed by atoms with E-state index in [1.807, 2.05) is 56.3 Å². The van der Waals surface area contributed by atoms with Gasteiger partial charge < -0.3 is 16.0 Å². The first-order chi connectivity index (χ1) is 8.34. The zero-order chi connectivity index (χ0) is 13.8. The quantitative estimate of drug-likeness (QED) is 0.816. The van der Waals surface area contributed by atoms with Crippen LogP contribution in [0.5, 0.6) is 0 Å². The van der Waals surface area contributed by atoms with Crippen LogP contribution in [-0.4, -0.2) is 37.5 Å². The van der Waals surface area contributed by atoms with Crippen LogP contribution in [0.4, 0.5) is 0 Å². The fraction of sp³-hybridized carbons (Fsp3) is 0.500. The van der Waals surface area contributed by atoms with Gasteiger partial charge in [0.15, 0.2) is 0 Å². The minimum atomic E-state index is -0.998. The molecule has 100 valence electrons. The molecule has 0 saturated heterocycles. The number of nitrogens with two attached hydrogens (primary N) is 1. The fourth-order valence-corrected chi connectivity index (χ4v) is 1.88. The third-order valence-electron chi connectivity index (χ3n) is 2.86. The van der Waals surface area contributed by atoms with Gasteiger partial charge in [0.25, 0.3) is 0 Å². The molecule has 0 fully saturated rings. The Labute approximate surface area is 109 Å². The maximum absolute atomic E-state index is 12.2. The SMILES string of the molecule is CC(CN(C)C)NC(=O)C(C)(N)c1ccccc1. The van der Waals surface area contributed by atoms with Crippen molar-refractivity contribution in [1.29, 1.82) is 0 Å². The number of hydrogen-bond donors (Lipinski definition) is 2. The van der Waals surface area contributed by atoms with E-state index in [9.17, 15) is 4.79 Å². The Morgan fingerprint density at radius 3 is 2.44 bits per heavy atom. The molecule has 0 aliphatic rings. The van der Waals surface area contributed by atoms with Crippen molar-refractivity contribution >= 4 is 5.91 Å². The fourth-order valence-electron chi connectivity index (χ4n) is 1.88. The Morgan fingerprint density at radius 1 is 1.39 bits per heavy atom. The average Bonchev–Trinajstić information content (AvgIpc) is 2.28. The molecular formula is C14H23N3O. The van der Waals surface area contributed by atoms with E-state index in [2.05, 4.69) is 5.32 Å². The standard InChI is InChI=1S/C14H23N3O/c1-11(10-17(3)4)16-13(18)14(2,15)12-8-6-5-7-9-12/h5-9,11H,10,15H2,1-4H3,(H,16,18). The zero-order valence-corrected chi connectivity index (χ0v) is 11.6. The molecule has 0 radical (unpaired) electrons. The molecule has 1 amide bonds. The summed E-state index contributed by atoms with van der Waals surface area (Å²) < 4.78 is 0. The summed E-state index contributed by atoms with van der Waals surface area (Å²) in [4.78, 5) is 14.2. The van der Waals surface area contributed by atoms with Crippen LogP contribution in [0.1, 0.15) is 19.4 Å². The Kier molecular flexibility index (Phi) is 4.87. The van der Waals surface area contributed by atoms with E-state index in [4.69, 9.17) is 5.73 Å². The van der Waals surface area contributed by atoms with Gasteiger partial charge in [-0.05, 0) is 33.5 Å². The van der Waals surface area contributed by atoms with Gasteiger partial charge in [0, 0.05) is 12.6 Å². The minimum Gasteiger partial charge on any atom is -0.350 e. The summed E-state index contributed by atoms with van der Waals surface area (Å²) >= 11 is 0. The lowest BCUT2D eigenvalue weighted by Crippen LogP contribution is -2.53. The van der Waals surface area contributed by atoms with Crippen LogP contribution in [0.2, 0.25) is 0 Å². The summed E-state index contributed by atoms with van der Waals surface area (Å²) in [5, 5.41) is 2.94. The summed E-state index contributed by atoms with van der Waals surface area (Å²) in [6, 6.07) is 9.49. The molecule has 2 unspecified atom stereocenters. The summed E-state index contributed by atoms with van der Waals surface area (Å²) in [6.45, 7) is 4.50. The number of carbonyl (C=O) groups excluding carboxylic acids is 1. The van der Waals surface area contributed by atoms with E-state index in [1.165, 1.54) is 0 Å². The van der Waals surface area contributed by atoms with Crippen LogP contribution in [0.3, 0.4) is 0 Å². The first kappa shape index (κ1) is 14.7. The van der Waals surface area contributed by atoms with Crippen molar-refractivity contribution in [3.05, 3.63) is 35.9 Å². The Balaban J connectivity index is 2.71. The Bertz CT molecular complexity index is 387. The lowest BCUT2D eigenvalue weighted by molar-refractivity contribution is -0.126. The minimum absolute atomic E-state index is 0.0686. The van der Waals surface area contributed by atoms with Crippen molar-refractivity contribution < 1.29 is 4.79 Å². The number of carbonyl (C=O) groups is 1. The molecule has 18 heavy (non-hydrogen) atoms. The molecular weight excluding hydrogens is 226 g/mol. The monoisotopic (exact) mass is 249 g/mol. The largest absolute Gasteiger partial charge is 0.350 e. The molecule has 0 aromatic heterocycles. The highest BCUT2D eigenvalue weighted by molar-refractivity contribution is 5.87. The van der Waals surface area contributed by atoms with Crippen LogP contribution >= 0.6 is 0 Å². The van der Waals surface area contributed by atoms with Crippen molar-refractivity contribution in [3.8, 4) is 0 Å². The van der Waals surface area contributed by atoms with Gasteiger partial charge in [-0.2, -0.15) is 0 Å². The number of nitrogens with one attached hydrogen (secondary N) is 1. The zero-order valence-electron chi connectivity index (χ0n) is 11.6. The van der Waals surface area contributed by atoms with Gasteiger partial charge in [0.2, 0.25) is 5.91 Å². The topological polar surface area (TPSA) is 58.4 Å². The van der Waals surface area contributed by atoms with Gasteiger partial charge >= 0.3 is 0 Å². The van der Waals surface area contributed by atoms with Crippen molar-refractivity contribution in [2.45, 2.75) is 25.4 Å². The van der Waals surface area contributed by atoms with Gasteiger partial charge in [0.1, 0.15) is 5.54 Å². The van der Waals surface area contributed by atoms with Gasteiger partial charge in [-0.25, -0.2) is 0 Å². The summed E-state index contributed by atoms with van der Waals surface area (Å²) in [5.41, 5.74) is 5.96. The predicted octanol–water partition coefficient (Wildman–Crippen LogP) is 0.927. The normalized spacial score (nSPS) is 16.1. The number of likely N-dealkylation sites (N-methyl/N-ethyl adjacent to an activating group) is 1. The van der Waals surface area contributed by atoms with E-state index in [-0.39, 0.29) is 11.9 Å². The van der Waals surface area contributed by atoms with E-state index in [0.29, 0.717) is 0 Å². The molecule has 4 heteroatoms. The van der Waals surface area contributed by atoms with Crippen LogP contribution in [-0.2, 0) is 10.3 Å². The highest BCUT2D eigenvalue weighted by atomic mass is 16.2. The van der Waals surface area contributed by atoms with Gasteiger partial charge in [0.05, 0.1) is 0 Å². The molecule has 1 aromatic rings. The second-order valence-electron chi connectivity index (χ2n) is 5.21. The van der Waals surface area contributed by atoms with E-state index < -0.39 is 5.54 Å². The molecule has 0 heterocycles. The highest BCUT2D eigenvalue weighted by Gasteiger charge is 2.30. The number of hydrogen-bond acceptors (Lipinski definition) is 3. The lowest BCUT2D eigenvalue weighted by atomic mass is 9.92. The molecule has 4 nitrogen and oxygen atoms in total. The molecule has 1 rings (SSSR count). The van der Waals surface area contributed by atoms with Crippen LogP contribution in [0.15, 0.2) is 30.3 Å². The molecule has 0 spiro atoms. The van der Waals surface area contributed by atoms with Crippen LogP contribution in [0, 0.1) is 0 Å². The molecule has 0 saturated carbocycles. The molecule has 0 aliphatic heterocycles. The van der Waals surface area contributed by atoms with Crippen molar-refractivity contribution in [1.82, 2.24) is 10.2 Å². The van der Waals surface area contributed by atoms with Crippen molar-refractivity contribution in [2.75, 3.05) is 20.6 Å². The Hall–Kier alpha value is -1.39. The first-order valence-corrected chi connectivity index (χ1v) is 6.14. The van der Waals surface area contributed by atoms with Crippen molar-refractivity contribution in [2.24, 2.45) is 5.73 Å². The van der Waals surface area contributed by atoms with E-state index in [1.54, 1.807) is 6.92 Å². The van der Waals surface area contributed by atoms with E-state index in [0.717, 1.165) is 12.1 Å².